The third kappa shape index (κ3) is 4.84. The van der Waals surface area contributed by atoms with Crippen LogP contribution in [0, 0.1) is 0 Å². The van der Waals surface area contributed by atoms with Crippen molar-refractivity contribution in [1.29, 1.82) is 0 Å². The van der Waals surface area contributed by atoms with Crippen LogP contribution in [0.1, 0.15) is 11.4 Å². The molecular formula is C18H17ClN4OS. The molecule has 3 aromatic rings. The van der Waals surface area contributed by atoms with Crippen molar-refractivity contribution < 1.29 is 4.79 Å². The first kappa shape index (κ1) is 17.5. The highest BCUT2D eigenvalue weighted by molar-refractivity contribution is 7.99. The van der Waals surface area contributed by atoms with E-state index in [4.69, 9.17) is 11.6 Å². The molecule has 0 aliphatic heterocycles. The standard InChI is InChI=1S/C18H17ClN4OS/c1-23-16(10-13-6-3-2-4-7-13)21-22-18(23)25-12-17(24)20-15-9-5-8-14(19)11-15/h2-9,11H,10,12H2,1H3,(H,20,24). The number of thioether (sulfide) groups is 1. The van der Waals surface area contributed by atoms with E-state index in [-0.39, 0.29) is 11.7 Å². The number of hydrogen-bond donors (Lipinski definition) is 1. The minimum atomic E-state index is -0.111. The predicted molar refractivity (Wildman–Crippen MR) is 101 cm³/mol. The van der Waals surface area contributed by atoms with Crippen molar-refractivity contribution >= 4 is 35.0 Å². The molecule has 0 saturated carbocycles. The van der Waals surface area contributed by atoms with Gasteiger partial charge in [0.2, 0.25) is 5.91 Å². The quantitative estimate of drug-likeness (QED) is 0.669. The van der Waals surface area contributed by atoms with Crippen molar-refractivity contribution in [2.45, 2.75) is 11.6 Å². The maximum atomic E-state index is 12.1. The Morgan fingerprint density at radius 1 is 1.16 bits per heavy atom. The second-order valence-electron chi connectivity index (χ2n) is 5.47. The Bertz CT molecular complexity index is 867. The number of amides is 1. The third-order valence-corrected chi connectivity index (χ3v) is 4.83. The summed E-state index contributed by atoms with van der Waals surface area (Å²) in [6, 6.07) is 17.2. The lowest BCUT2D eigenvalue weighted by Crippen LogP contribution is -2.14. The van der Waals surface area contributed by atoms with Crippen molar-refractivity contribution in [2.75, 3.05) is 11.1 Å². The molecule has 5 nitrogen and oxygen atoms in total. The topological polar surface area (TPSA) is 59.8 Å². The van der Waals surface area contributed by atoms with E-state index in [0.29, 0.717) is 22.3 Å². The molecule has 25 heavy (non-hydrogen) atoms. The van der Waals surface area contributed by atoms with Crippen LogP contribution in [-0.2, 0) is 18.3 Å². The molecule has 0 atom stereocenters. The van der Waals surface area contributed by atoms with E-state index in [1.54, 1.807) is 24.3 Å². The van der Waals surface area contributed by atoms with Gasteiger partial charge in [-0.15, -0.1) is 10.2 Å². The van der Waals surface area contributed by atoms with Gasteiger partial charge in [0.25, 0.3) is 0 Å². The fourth-order valence-electron chi connectivity index (χ4n) is 2.30. The highest BCUT2D eigenvalue weighted by Gasteiger charge is 2.12. The molecule has 0 fully saturated rings. The highest BCUT2D eigenvalue weighted by atomic mass is 35.5. The van der Waals surface area contributed by atoms with Gasteiger partial charge < -0.3 is 9.88 Å². The molecule has 3 rings (SSSR count). The molecular weight excluding hydrogens is 356 g/mol. The number of carbonyl (C=O) groups is 1. The van der Waals surface area contributed by atoms with Crippen LogP contribution in [-0.4, -0.2) is 26.4 Å². The Labute approximate surface area is 155 Å². The maximum absolute atomic E-state index is 12.1. The van der Waals surface area contributed by atoms with Crippen LogP contribution in [0.15, 0.2) is 59.8 Å². The van der Waals surface area contributed by atoms with Gasteiger partial charge in [-0.1, -0.05) is 59.8 Å². The molecule has 0 spiro atoms. The van der Waals surface area contributed by atoms with Crippen molar-refractivity contribution in [3.8, 4) is 0 Å². The molecule has 1 heterocycles. The molecule has 1 N–H and O–H groups in total. The van der Waals surface area contributed by atoms with Gasteiger partial charge in [-0.2, -0.15) is 0 Å². The summed E-state index contributed by atoms with van der Waals surface area (Å²) in [5.74, 6) is 1.01. The van der Waals surface area contributed by atoms with Crippen LogP contribution in [0.2, 0.25) is 5.02 Å². The van der Waals surface area contributed by atoms with Crippen LogP contribution < -0.4 is 5.32 Å². The van der Waals surface area contributed by atoms with Gasteiger partial charge in [-0.3, -0.25) is 4.79 Å². The Morgan fingerprint density at radius 2 is 1.96 bits per heavy atom. The van der Waals surface area contributed by atoms with Crippen molar-refractivity contribution in [2.24, 2.45) is 7.05 Å². The van der Waals surface area contributed by atoms with Gasteiger partial charge in [0.05, 0.1) is 5.75 Å². The first-order valence-electron chi connectivity index (χ1n) is 7.72. The second kappa shape index (κ2) is 8.18. The van der Waals surface area contributed by atoms with Crippen LogP contribution in [0.5, 0.6) is 0 Å². The van der Waals surface area contributed by atoms with Crippen molar-refractivity contribution in [3.63, 3.8) is 0 Å². The fraction of sp³-hybridized carbons (Fsp3) is 0.167. The smallest absolute Gasteiger partial charge is 0.234 e. The normalized spacial score (nSPS) is 10.6. The minimum absolute atomic E-state index is 0.111. The highest BCUT2D eigenvalue weighted by Crippen LogP contribution is 2.19. The monoisotopic (exact) mass is 372 g/mol. The number of nitrogens with zero attached hydrogens (tertiary/aromatic N) is 3. The first-order valence-corrected chi connectivity index (χ1v) is 9.08. The minimum Gasteiger partial charge on any atom is -0.325 e. The van der Waals surface area contributed by atoms with Gasteiger partial charge in [0.15, 0.2) is 5.16 Å². The lowest BCUT2D eigenvalue weighted by atomic mass is 10.1. The van der Waals surface area contributed by atoms with Crippen LogP contribution in [0.25, 0.3) is 0 Å². The fourth-order valence-corrected chi connectivity index (χ4v) is 3.22. The Kier molecular flexibility index (Phi) is 5.73. The lowest BCUT2D eigenvalue weighted by Gasteiger charge is -2.06. The zero-order chi connectivity index (χ0) is 17.6. The summed E-state index contributed by atoms with van der Waals surface area (Å²) >= 11 is 7.27. The number of aromatic nitrogens is 3. The van der Waals surface area contributed by atoms with E-state index in [1.807, 2.05) is 29.8 Å². The van der Waals surface area contributed by atoms with E-state index >= 15 is 0 Å². The van der Waals surface area contributed by atoms with Crippen molar-refractivity contribution in [3.05, 3.63) is 71.0 Å². The van der Waals surface area contributed by atoms with E-state index < -0.39 is 0 Å². The Balaban J connectivity index is 1.57. The van der Waals surface area contributed by atoms with Gasteiger partial charge in [-0.05, 0) is 23.8 Å². The summed E-state index contributed by atoms with van der Waals surface area (Å²) in [5.41, 5.74) is 1.86. The van der Waals surface area contributed by atoms with Crippen LogP contribution >= 0.6 is 23.4 Å². The Hall–Kier alpha value is -2.31. The number of hydrogen-bond acceptors (Lipinski definition) is 4. The number of carbonyl (C=O) groups excluding carboxylic acids is 1. The summed E-state index contributed by atoms with van der Waals surface area (Å²) in [4.78, 5) is 12.1. The van der Waals surface area contributed by atoms with Crippen LogP contribution in [0.4, 0.5) is 5.69 Å². The lowest BCUT2D eigenvalue weighted by molar-refractivity contribution is -0.113. The van der Waals surface area contributed by atoms with Gasteiger partial charge >= 0.3 is 0 Å². The summed E-state index contributed by atoms with van der Waals surface area (Å²) in [6.45, 7) is 0. The molecule has 0 saturated heterocycles. The predicted octanol–water partition coefficient (Wildman–Crippen LogP) is 3.79. The van der Waals surface area contributed by atoms with Gasteiger partial charge in [-0.25, -0.2) is 0 Å². The molecule has 0 unspecified atom stereocenters. The Morgan fingerprint density at radius 3 is 2.72 bits per heavy atom. The van der Waals surface area contributed by atoms with Crippen molar-refractivity contribution in [1.82, 2.24) is 14.8 Å². The summed E-state index contributed by atoms with van der Waals surface area (Å²) < 4.78 is 1.92. The average molecular weight is 373 g/mol. The largest absolute Gasteiger partial charge is 0.325 e. The first-order chi connectivity index (χ1) is 12.1. The van der Waals surface area contributed by atoms with Crippen LogP contribution in [0.3, 0.4) is 0 Å². The molecule has 0 aliphatic rings. The maximum Gasteiger partial charge on any atom is 0.234 e. The zero-order valence-corrected chi connectivity index (χ0v) is 15.2. The van der Waals surface area contributed by atoms with E-state index in [1.165, 1.54) is 17.3 Å². The zero-order valence-electron chi connectivity index (χ0n) is 13.6. The summed E-state index contributed by atoms with van der Waals surface area (Å²) in [5, 5.41) is 12.5. The van der Waals surface area contributed by atoms with E-state index in [2.05, 4.69) is 27.6 Å². The number of benzene rings is 2. The molecule has 1 amide bonds. The third-order valence-electron chi connectivity index (χ3n) is 3.57. The molecule has 0 radical (unpaired) electrons. The summed E-state index contributed by atoms with van der Waals surface area (Å²) in [7, 11) is 1.91. The SMILES string of the molecule is Cn1c(Cc2ccccc2)nnc1SCC(=O)Nc1cccc(Cl)c1. The summed E-state index contributed by atoms with van der Waals surface area (Å²) in [6.07, 6.45) is 0.708. The molecule has 0 aliphatic carbocycles. The molecule has 0 bridgehead atoms. The number of rotatable bonds is 6. The number of anilines is 1. The van der Waals surface area contributed by atoms with E-state index in [0.717, 1.165) is 5.82 Å². The molecule has 1 aromatic heterocycles. The molecule has 128 valence electrons. The van der Waals surface area contributed by atoms with Gasteiger partial charge in [0, 0.05) is 24.2 Å². The van der Waals surface area contributed by atoms with E-state index in [9.17, 15) is 4.79 Å². The van der Waals surface area contributed by atoms with Gasteiger partial charge in [0.1, 0.15) is 5.82 Å². The molecule has 7 heteroatoms. The number of nitrogens with one attached hydrogen (secondary N) is 1. The average Bonchev–Trinajstić information content (AvgIpc) is 2.94. The second-order valence-corrected chi connectivity index (χ2v) is 6.85. The molecule has 2 aromatic carbocycles. The number of halogens is 1.